The van der Waals surface area contributed by atoms with Gasteiger partial charge in [-0.2, -0.15) is 0 Å². The maximum atomic E-state index is 12.4. The Hall–Kier alpha value is -1.31. The molecule has 1 heterocycles. The Morgan fingerprint density at radius 1 is 1.20 bits per heavy atom. The van der Waals surface area contributed by atoms with E-state index in [9.17, 15) is 4.79 Å². The minimum Gasteiger partial charge on any atom is -0.342 e. The zero-order valence-electron chi connectivity index (χ0n) is 12.5. The first kappa shape index (κ1) is 13.7. The summed E-state index contributed by atoms with van der Waals surface area (Å²) in [5.74, 6) is 1.20. The number of carbonyl (C=O) groups is 1. The number of benzene rings is 1. The van der Waals surface area contributed by atoms with Crippen molar-refractivity contribution in [3.63, 3.8) is 0 Å². The number of amides is 1. The third-order valence-corrected chi connectivity index (χ3v) is 5.32. The van der Waals surface area contributed by atoms with Gasteiger partial charge in [0.25, 0.3) is 0 Å². The van der Waals surface area contributed by atoms with Crippen LogP contribution in [0, 0.1) is 11.3 Å². The molecule has 1 aromatic carbocycles. The minimum absolute atomic E-state index is 0.312. The van der Waals surface area contributed by atoms with Gasteiger partial charge in [-0.1, -0.05) is 50.1 Å². The molecule has 0 unspecified atom stereocenters. The highest BCUT2D eigenvalue weighted by atomic mass is 16.2. The van der Waals surface area contributed by atoms with Crippen molar-refractivity contribution in [2.45, 2.75) is 45.4 Å². The van der Waals surface area contributed by atoms with Crippen molar-refractivity contribution in [1.29, 1.82) is 0 Å². The largest absolute Gasteiger partial charge is 0.342 e. The molecule has 1 aliphatic heterocycles. The monoisotopic (exact) mass is 271 g/mol. The van der Waals surface area contributed by atoms with E-state index in [-0.39, 0.29) is 0 Å². The smallest absolute Gasteiger partial charge is 0.227 e. The lowest BCUT2D eigenvalue weighted by Crippen LogP contribution is -2.35. The van der Waals surface area contributed by atoms with Crippen molar-refractivity contribution < 1.29 is 4.79 Å². The highest BCUT2D eigenvalue weighted by Gasteiger charge is 2.41. The average molecular weight is 271 g/mol. The second kappa shape index (κ2) is 5.59. The molecule has 108 valence electrons. The fraction of sp³-hybridized carbons (Fsp3) is 0.611. The Kier molecular flexibility index (Phi) is 3.82. The zero-order chi connectivity index (χ0) is 14.0. The van der Waals surface area contributed by atoms with Gasteiger partial charge >= 0.3 is 0 Å². The Balaban J connectivity index is 1.58. The van der Waals surface area contributed by atoms with Gasteiger partial charge in [0.2, 0.25) is 5.91 Å². The fourth-order valence-corrected chi connectivity index (χ4v) is 3.81. The lowest BCUT2D eigenvalue weighted by Gasteiger charge is -2.36. The van der Waals surface area contributed by atoms with Gasteiger partial charge in [-0.15, -0.1) is 0 Å². The maximum Gasteiger partial charge on any atom is 0.227 e. The molecule has 1 spiro atoms. The number of hydrogen-bond donors (Lipinski definition) is 0. The molecule has 2 nitrogen and oxygen atoms in total. The van der Waals surface area contributed by atoms with E-state index in [4.69, 9.17) is 0 Å². The van der Waals surface area contributed by atoms with Crippen LogP contribution in [0.5, 0.6) is 0 Å². The van der Waals surface area contributed by atoms with Crippen molar-refractivity contribution in [3.8, 4) is 0 Å². The SMILES string of the molecule is CC1CCC2(CC1)CCN(C(=O)Cc1ccccc1)C2. The first-order valence-corrected chi connectivity index (χ1v) is 7.99. The molecular weight excluding hydrogens is 246 g/mol. The molecule has 0 N–H and O–H groups in total. The van der Waals surface area contributed by atoms with Crippen molar-refractivity contribution >= 4 is 5.91 Å². The van der Waals surface area contributed by atoms with Crippen molar-refractivity contribution in [3.05, 3.63) is 35.9 Å². The maximum absolute atomic E-state index is 12.4. The van der Waals surface area contributed by atoms with Crippen molar-refractivity contribution in [2.24, 2.45) is 11.3 Å². The first-order chi connectivity index (χ1) is 9.67. The van der Waals surface area contributed by atoms with Crippen molar-refractivity contribution in [2.75, 3.05) is 13.1 Å². The molecule has 0 atom stereocenters. The first-order valence-electron chi connectivity index (χ1n) is 7.99. The Bertz CT molecular complexity index is 460. The van der Waals surface area contributed by atoms with Gasteiger partial charge in [-0.25, -0.2) is 0 Å². The average Bonchev–Trinajstić information content (AvgIpc) is 2.88. The van der Waals surface area contributed by atoms with E-state index in [0.717, 1.165) is 24.6 Å². The molecule has 1 aromatic rings. The lowest BCUT2D eigenvalue weighted by atomic mass is 9.70. The number of nitrogens with zero attached hydrogens (tertiary/aromatic N) is 1. The van der Waals surface area contributed by atoms with Crippen molar-refractivity contribution in [1.82, 2.24) is 4.90 Å². The highest BCUT2D eigenvalue weighted by molar-refractivity contribution is 5.79. The van der Waals surface area contributed by atoms with E-state index < -0.39 is 0 Å². The standard InChI is InChI=1S/C18H25NO/c1-15-7-9-18(10-8-15)11-12-19(14-18)17(20)13-16-5-3-2-4-6-16/h2-6,15H,7-14H2,1H3. The molecule has 2 fully saturated rings. The van der Waals surface area contributed by atoms with Crippen LogP contribution in [0.2, 0.25) is 0 Å². The zero-order valence-corrected chi connectivity index (χ0v) is 12.5. The van der Waals surface area contributed by atoms with E-state index >= 15 is 0 Å². The van der Waals surface area contributed by atoms with Crippen LogP contribution in [-0.2, 0) is 11.2 Å². The normalized spacial score (nSPS) is 29.9. The Morgan fingerprint density at radius 2 is 1.90 bits per heavy atom. The molecule has 20 heavy (non-hydrogen) atoms. The predicted molar refractivity (Wildman–Crippen MR) is 81.4 cm³/mol. The van der Waals surface area contributed by atoms with Crippen LogP contribution in [0.1, 0.15) is 44.6 Å². The summed E-state index contributed by atoms with van der Waals surface area (Å²) < 4.78 is 0. The molecule has 3 rings (SSSR count). The van der Waals surface area contributed by atoms with Crippen LogP contribution in [-0.4, -0.2) is 23.9 Å². The van der Waals surface area contributed by atoms with Gasteiger partial charge in [-0.05, 0) is 36.2 Å². The molecule has 1 aliphatic carbocycles. The van der Waals surface area contributed by atoms with Crippen LogP contribution < -0.4 is 0 Å². The third-order valence-electron chi connectivity index (χ3n) is 5.32. The van der Waals surface area contributed by atoms with E-state index in [0.29, 0.717) is 17.7 Å². The molecule has 2 aliphatic rings. The van der Waals surface area contributed by atoms with Crippen LogP contribution >= 0.6 is 0 Å². The summed E-state index contributed by atoms with van der Waals surface area (Å²) in [5, 5.41) is 0. The molecular formula is C18H25NO. The second-order valence-corrected chi connectivity index (χ2v) is 6.91. The molecule has 1 saturated heterocycles. The quantitative estimate of drug-likeness (QED) is 0.804. The van der Waals surface area contributed by atoms with Gasteiger partial charge in [-0.3, -0.25) is 4.79 Å². The molecule has 0 radical (unpaired) electrons. The fourth-order valence-electron chi connectivity index (χ4n) is 3.81. The third kappa shape index (κ3) is 2.89. The van der Waals surface area contributed by atoms with E-state index in [1.165, 1.54) is 32.1 Å². The summed E-state index contributed by atoms with van der Waals surface area (Å²) in [4.78, 5) is 14.5. The van der Waals surface area contributed by atoms with Gasteiger partial charge in [0, 0.05) is 13.1 Å². The topological polar surface area (TPSA) is 20.3 Å². The van der Waals surface area contributed by atoms with Crippen LogP contribution in [0.25, 0.3) is 0 Å². The van der Waals surface area contributed by atoms with Crippen LogP contribution in [0.4, 0.5) is 0 Å². The molecule has 1 amide bonds. The van der Waals surface area contributed by atoms with Gasteiger partial charge in [0.05, 0.1) is 6.42 Å². The predicted octanol–water partition coefficient (Wildman–Crippen LogP) is 3.66. The van der Waals surface area contributed by atoms with Gasteiger partial charge in [0.1, 0.15) is 0 Å². The summed E-state index contributed by atoms with van der Waals surface area (Å²) in [6, 6.07) is 10.1. The summed E-state index contributed by atoms with van der Waals surface area (Å²) in [5.41, 5.74) is 1.59. The van der Waals surface area contributed by atoms with E-state index in [1.807, 2.05) is 30.3 Å². The lowest BCUT2D eigenvalue weighted by molar-refractivity contribution is -0.130. The number of likely N-dealkylation sites (tertiary alicyclic amines) is 1. The Labute approximate surface area is 122 Å². The Morgan fingerprint density at radius 3 is 2.60 bits per heavy atom. The van der Waals surface area contributed by atoms with Gasteiger partial charge < -0.3 is 4.90 Å². The number of hydrogen-bond acceptors (Lipinski definition) is 1. The van der Waals surface area contributed by atoms with E-state index in [2.05, 4.69) is 11.8 Å². The summed E-state index contributed by atoms with van der Waals surface area (Å²) in [6.07, 6.45) is 7.13. The minimum atomic E-state index is 0.312. The summed E-state index contributed by atoms with van der Waals surface area (Å²) in [7, 11) is 0. The van der Waals surface area contributed by atoms with Crippen LogP contribution in [0.3, 0.4) is 0 Å². The van der Waals surface area contributed by atoms with E-state index in [1.54, 1.807) is 0 Å². The summed E-state index contributed by atoms with van der Waals surface area (Å²) in [6.45, 7) is 4.34. The highest BCUT2D eigenvalue weighted by Crippen LogP contribution is 2.45. The van der Waals surface area contributed by atoms with Gasteiger partial charge in [0.15, 0.2) is 0 Å². The molecule has 2 heteroatoms. The second-order valence-electron chi connectivity index (χ2n) is 6.91. The summed E-state index contributed by atoms with van der Waals surface area (Å²) >= 11 is 0. The number of rotatable bonds is 2. The molecule has 1 saturated carbocycles. The van der Waals surface area contributed by atoms with Crippen LogP contribution in [0.15, 0.2) is 30.3 Å². The number of carbonyl (C=O) groups excluding carboxylic acids is 1. The molecule has 0 aromatic heterocycles. The molecule has 0 bridgehead atoms.